The van der Waals surface area contributed by atoms with Crippen molar-refractivity contribution in [3.63, 3.8) is 0 Å². The lowest BCUT2D eigenvalue weighted by molar-refractivity contribution is -0.140. The maximum Gasteiger partial charge on any atom is 0.320 e. The Labute approximate surface area is 116 Å². The molecule has 3 heteroatoms. The van der Waals surface area contributed by atoms with Crippen molar-refractivity contribution < 1.29 is 9.90 Å². The molecule has 106 valence electrons. The number of hydrogen-bond acceptors (Lipinski definition) is 2. The second kappa shape index (κ2) is 6.71. The molecule has 0 fully saturated rings. The molecule has 2 N–H and O–H groups in total. The fourth-order valence-electron chi connectivity index (χ4n) is 2.19. The van der Waals surface area contributed by atoms with Gasteiger partial charge in [0.1, 0.15) is 6.04 Å². The molecule has 0 aromatic heterocycles. The van der Waals surface area contributed by atoms with Gasteiger partial charge in [-0.25, -0.2) is 0 Å². The number of carboxylic acids is 1. The molecule has 0 saturated carbocycles. The van der Waals surface area contributed by atoms with Gasteiger partial charge in [-0.15, -0.1) is 0 Å². The minimum Gasteiger partial charge on any atom is -0.480 e. The number of carbonyl (C=O) groups is 1. The summed E-state index contributed by atoms with van der Waals surface area (Å²) in [6.07, 6.45) is 0.652. The van der Waals surface area contributed by atoms with Crippen molar-refractivity contribution in [2.24, 2.45) is 5.92 Å². The lowest BCUT2D eigenvalue weighted by atomic mass is 9.99. The van der Waals surface area contributed by atoms with E-state index in [2.05, 4.69) is 38.2 Å². The van der Waals surface area contributed by atoms with Crippen LogP contribution < -0.4 is 5.32 Å². The molecule has 0 saturated heterocycles. The average molecular weight is 263 g/mol. The highest BCUT2D eigenvalue weighted by Crippen LogP contribution is 2.16. The molecule has 1 unspecified atom stereocenters. The van der Waals surface area contributed by atoms with Crippen molar-refractivity contribution in [3.05, 3.63) is 34.4 Å². The maximum absolute atomic E-state index is 11.2. The first kappa shape index (κ1) is 15.7. The van der Waals surface area contributed by atoms with E-state index < -0.39 is 12.0 Å². The van der Waals surface area contributed by atoms with Gasteiger partial charge >= 0.3 is 5.97 Å². The first-order valence-electron chi connectivity index (χ1n) is 6.84. The largest absolute Gasteiger partial charge is 0.480 e. The number of carboxylic acid groups (broad SMARTS) is 1. The van der Waals surface area contributed by atoms with Crippen molar-refractivity contribution in [2.45, 2.75) is 53.6 Å². The SMILES string of the molecule is Cc1cc(C)c(CNC(CC(C)C)C(=O)O)cc1C. The van der Waals surface area contributed by atoms with Crippen LogP contribution in [0.1, 0.15) is 42.5 Å². The zero-order valence-corrected chi connectivity index (χ0v) is 12.6. The molecular weight excluding hydrogens is 238 g/mol. The average Bonchev–Trinajstić information content (AvgIpc) is 2.29. The number of aryl methyl sites for hydroxylation is 3. The molecule has 1 rings (SSSR count). The predicted molar refractivity (Wildman–Crippen MR) is 78.4 cm³/mol. The maximum atomic E-state index is 11.2. The summed E-state index contributed by atoms with van der Waals surface area (Å²) in [5.74, 6) is -0.398. The van der Waals surface area contributed by atoms with E-state index in [-0.39, 0.29) is 0 Å². The fourth-order valence-corrected chi connectivity index (χ4v) is 2.19. The number of rotatable bonds is 6. The van der Waals surface area contributed by atoms with Gasteiger partial charge in [0.15, 0.2) is 0 Å². The zero-order chi connectivity index (χ0) is 14.6. The Balaban J connectivity index is 2.74. The molecule has 0 radical (unpaired) electrons. The van der Waals surface area contributed by atoms with Crippen molar-refractivity contribution in [3.8, 4) is 0 Å². The van der Waals surface area contributed by atoms with Crippen molar-refractivity contribution in [1.82, 2.24) is 5.32 Å². The molecule has 0 amide bonds. The van der Waals surface area contributed by atoms with E-state index in [1.807, 2.05) is 13.8 Å². The third-order valence-corrected chi connectivity index (χ3v) is 3.50. The summed E-state index contributed by atoms with van der Waals surface area (Å²) in [5, 5.41) is 12.4. The third-order valence-electron chi connectivity index (χ3n) is 3.50. The van der Waals surface area contributed by atoms with Crippen LogP contribution in [-0.2, 0) is 11.3 Å². The molecule has 19 heavy (non-hydrogen) atoms. The van der Waals surface area contributed by atoms with Gasteiger partial charge in [0.2, 0.25) is 0 Å². The molecule has 1 aromatic rings. The van der Waals surface area contributed by atoms with Gasteiger partial charge in [0, 0.05) is 6.54 Å². The van der Waals surface area contributed by atoms with Gasteiger partial charge in [0.25, 0.3) is 0 Å². The normalized spacial score (nSPS) is 12.7. The molecule has 0 spiro atoms. The highest BCUT2D eigenvalue weighted by Gasteiger charge is 2.18. The van der Waals surface area contributed by atoms with E-state index in [1.165, 1.54) is 22.3 Å². The van der Waals surface area contributed by atoms with Crippen LogP contribution in [0.4, 0.5) is 0 Å². The van der Waals surface area contributed by atoms with Gasteiger partial charge in [-0.2, -0.15) is 0 Å². The summed E-state index contributed by atoms with van der Waals surface area (Å²) >= 11 is 0. The lowest BCUT2D eigenvalue weighted by Gasteiger charge is -2.18. The van der Waals surface area contributed by atoms with E-state index in [9.17, 15) is 9.90 Å². The van der Waals surface area contributed by atoms with Gasteiger partial charge in [-0.3, -0.25) is 4.79 Å². The lowest BCUT2D eigenvalue weighted by Crippen LogP contribution is -2.37. The van der Waals surface area contributed by atoms with Gasteiger partial charge in [-0.05, 0) is 55.4 Å². The molecule has 1 aromatic carbocycles. The molecule has 0 bridgehead atoms. The van der Waals surface area contributed by atoms with E-state index in [1.54, 1.807) is 0 Å². The number of aliphatic carboxylic acids is 1. The summed E-state index contributed by atoms with van der Waals surface area (Å²) in [4.78, 5) is 11.2. The fraction of sp³-hybridized carbons (Fsp3) is 0.562. The zero-order valence-electron chi connectivity index (χ0n) is 12.6. The van der Waals surface area contributed by atoms with Crippen LogP contribution in [0.15, 0.2) is 12.1 Å². The third kappa shape index (κ3) is 4.67. The molecule has 1 atom stereocenters. The first-order valence-corrected chi connectivity index (χ1v) is 6.84. The summed E-state index contributed by atoms with van der Waals surface area (Å²) < 4.78 is 0. The highest BCUT2D eigenvalue weighted by atomic mass is 16.4. The summed E-state index contributed by atoms with van der Waals surface area (Å²) in [6, 6.07) is 3.83. The smallest absolute Gasteiger partial charge is 0.320 e. The molecular formula is C16H25NO2. The van der Waals surface area contributed by atoms with Crippen molar-refractivity contribution >= 4 is 5.97 Å². The van der Waals surface area contributed by atoms with E-state index in [0.29, 0.717) is 18.9 Å². The quantitative estimate of drug-likeness (QED) is 0.828. The molecule has 0 aliphatic carbocycles. The minimum atomic E-state index is -0.768. The second-order valence-electron chi connectivity index (χ2n) is 5.76. The monoisotopic (exact) mass is 263 g/mol. The van der Waals surface area contributed by atoms with Crippen molar-refractivity contribution in [1.29, 1.82) is 0 Å². The Morgan fingerprint density at radius 2 is 1.74 bits per heavy atom. The predicted octanol–water partition coefficient (Wildman–Crippen LogP) is 3.20. The Morgan fingerprint density at radius 1 is 1.16 bits per heavy atom. The Kier molecular flexibility index (Phi) is 5.55. The summed E-state index contributed by atoms with van der Waals surface area (Å²) in [7, 11) is 0. The minimum absolute atomic E-state index is 0.370. The summed E-state index contributed by atoms with van der Waals surface area (Å²) in [5.41, 5.74) is 4.92. The van der Waals surface area contributed by atoms with Crippen LogP contribution in [0.25, 0.3) is 0 Å². The van der Waals surface area contributed by atoms with Crippen molar-refractivity contribution in [2.75, 3.05) is 0 Å². The second-order valence-corrected chi connectivity index (χ2v) is 5.76. The molecule has 3 nitrogen and oxygen atoms in total. The number of nitrogens with one attached hydrogen (secondary N) is 1. The van der Waals surface area contributed by atoms with Crippen LogP contribution in [0.2, 0.25) is 0 Å². The van der Waals surface area contributed by atoms with E-state index in [0.717, 1.165) is 0 Å². The summed E-state index contributed by atoms with van der Waals surface area (Å²) in [6.45, 7) is 10.9. The Morgan fingerprint density at radius 3 is 2.26 bits per heavy atom. The number of benzene rings is 1. The van der Waals surface area contributed by atoms with Crippen LogP contribution in [0.3, 0.4) is 0 Å². The van der Waals surface area contributed by atoms with Crippen LogP contribution in [0.5, 0.6) is 0 Å². The topological polar surface area (TPSA) is 49.3 Å². The van der Waals surface area contributed by atoms with Crippen LogP contribution in [-0.4, -0.2) is 17.1 Å². The van der Waals surface area contributed by atoms with E-state index >= 15 is 0 Å². The molecule has 0 aliphatic rings. The van der Waals surface area contributed by atoms with Crippen LogP contribution >= 0.6 is 0 Å². The molecule has 0 heterocycles. The highest BCUT2D eigenvalue weighted by molar-refractivity contribution is 5.73. The van der Waals surface area contributed by atoms with E-state index in [4.69, 9.17) is 0 Å². The van der Waals surface area contributed by atoms with Gasteiger partial charge in [-0.1, -0.05) is 26.0 Å². The molecule has 0 aliphatic heterocycles. The Bertz CT molecular complexity index is 452. The number of hydrogen-bond donors (Lipinski definition) is 2. The van der Waals surface area contributed by atoms with Gasteiger partial charge < -0.3 is 10.4 Å². The van der Waals surface area contributed by atoms with Crippen LogP contribution in [0, 0.1) is 26.7 Å². The first-order chi connectivity index (χ1) is 8.81. The van der Waals surface area contributed by atoms with Gasteiger partial charge in [0.05, 0.1) is 0 Å². The Hall–Kier alpha value is -1.35. The standard InChI is InChI=1S/C16H25NO2/c1-10(2)6-15(16(18)19)17-9-14-8-12(4)11(3)7-13(14)5/h7-8,10,15,17H,6,9H2,1-5H3,(H,18,19).